The van der Waals surface area contributed by atoms with E-state index in [0.29, 0.717) is 39.4 Å². The van der Waals surface area contributed by atoms with Crippen molar-refractivity contribution in [3.63, 3.8) is 0 Å². The van der Waals surface area contributed by atoms with Crippen molar-refractivity contribution >= 4 is 11.9 Å². The fourth-order valence-electron chi connectivity index (χ4n) is 3.85. The number of methoxy groups -OCH3 is 1. The minimum Gasteiger partial charge on any atom is -0.497 e. The summed E-state index contributed by atoms with van der Waals surface area (Å²) in [5, 5.41) is 3.41. The Bertz CT molecular complexity index is 725. The van der Waals surface area contributed by atoms with E-state index in [1.165, 1.54) is 5.56 Å². The van der Waals surface area contributed by atoms with Gasteiger partial charge in [-0.15, -0.1) is 0 Å². The molecule has 166 valence electrons. The molecule has 0 radical (unpaired) electrons. The average Bonchev–Trinajstić information content (AvgIpc) is 2.77. The lowest BCUT2D eigenvalue weighted by Gasteiger charge is -2.37. The van der Waals surface area contributed by atoms with E-state index in [1.54, 1.807) is 7.11 Å². The van der Waals surface area contributed by atoms with E-state index >= 15 is 0 Å². The summed E-state index contributed by atoms with van der Waals surface area (Å²) in [4.78, 5) is 23.8. The zero-order chi connectivity index (χ0) is 21.3. The second kappa shape index (κ2) is 11.2. The first-order valence-electron chi connectivity index (χ1n) is 10.8. The van der Waals surface area contributed by atoms with Gasteiger partial charge in [-0.25, -0.2) is 4.99 Å². The van der Waals surface area contributed by atoms with Crippen molar-refractivity contribution in [3.05, 3.63) is 29.3 Å². The molecule has 30 heavy (non-hydrogen) atoms. The van der Waals surface area contributed by atoms with Crippen molar-refractivity contribution in [2.45, 2.75) is 20.4 Å². The van der Waals surface area contributed by atoms with E-state index in [1.807, 2.05) is 17.0 Å². The maximum Gasteiger partial charge on any atom is 0.236 e. The number of piperazine rings is 1. The topological polar surface area (TPSA) is 69.6 Å². The van der Waals surface area contributed by atoms with Crippen molar-refractivity contribution in [1.29, 1.82) is 0 Å². The highest BCUT2D eigenvalue weighted by molar-refractivity contribution is 5.80. The van der Waals surface area contributed by atoms with Gasteiger partial charge in [-0.2, -0.15) is 0 Å². The van der Waals surface area contributed by atoms with E-state index in [2.05, 4.69) is 35.0 Å². The van der Waals surface area contributed by atoms with Gasteiger partial charge in [0.25, 0.3) is 0 Å². The van der Waals surface area contributed by atoms with Crippen LogP contribution in [0.2, 0.25) is 0 Å². The van der Waals surface area contributed by atoms with Crippen molar-refractivity contribution in [2.75, 3.05) is 72.7 Å². The number of ether oxygens (including phenoxy) is 2. The number of carbonyl (C=O) groups is 1. The molecule has 0 atom stereocenters. The van der Waals surface area contributed by atoms with Crippen molar-refractivity contribution in [3.8, 4) is 5.75 Å². The zero-order valence-corrected chi connectivity index (χ0v) is 18.5. The largest absolute Gasteiger partial charge is 0.497 e. The third-order valence-corrected chi connectivity index (χ3v) is 5.49. The van der Waals surface area contributed by atoms with Crippen LogP contribution in [0.3, 0.4) is 0 Å². The number of aryl methyl sites for hydroxylation is 1. The van der Waals surface area contributed by atoms with Crippen LogP contribution in [0.15, 0.2) is 23.2 Å². The molecule has 8 nitrogen and oxygen atoms in total. The summed E-state index contributed by atoms with van der Waals surface area (Å²) in [6.07, 6.45) is 0. The summed E-state index contributed by atoms with van der Waals surface area (Å²) in [6.45, 7) is 12.2. The summed E-state index contributed by atoms with van der Waals surface area (Å²) >= 11 is 0. The molecule has 3 rings (SSSR count). The molecule has 1 aromatic rings. The minimum atomic E-state index is 0.209. The molecule has 0 bridgehead atoms. The molecule has 0 unspecified atom stereocenters. The van der Waals surface area contributed by atoms with E-state index in [4.69, 9.17) is 14.5 Å². The van der Waals surface area contributed by atoms with Gasteiger partial charge in [0.2, 0.25) is 5.91 Å². The van der Waals surface area contributed by atoms with Gasteiger partial charge in [0.05, 0.1) is 33.4 Å². The zero-order valence-electron chi connectivity index (χ0n) is 18.5. The smallest absolute Gasteiger partial charge is 0.236 e. The van der Waals surface area contributed by atoms with Crippen molar-refractivity contribution in [2.24, 2.45) is 4.99 Å². The fourth-order valence-corrected chi connectivity index (χ4v) is 3.85. The van der Waals surface area contributed by atoms with Gasteiger partial charge in [0, 0.05) is 45.8 Å². The summed E-state index contributed by atoms with van der Waals surface area (Å²) in [5.41, 5.74) is 2.31. The summed E-state index contributed by atoms with van der Waals surface area (Å²) in [5.74, 6) is 2.00. The predicted molar refractivity (Wildman–Crippen MR) is 118 cm³/mol. The molecule has 0 spiro atoms. The van der Waals surface area contributed by atoms with Gasteiger partial charge < -0.3 is 24.6 Å². The van der Waals surface area contributed by atoms with Crippen molar-refractivity contribution in [1.82, 2.24) is 20.0 Å². The van der Waals surface area contributed by atoms with Gasteiger partial charge >= 0.3 is 0 Å². The number of benzene rings is 1. The molecule has 0 aliphatic carbocycles. The molecule has 0 aromatic heterocycles. The molecule has 1 N–H and O–H groups in total. The molecule has 2 fully saturated rings. The van der Waals surface area contributed by atoms with Crippen LogP contribution >= 0.6 is 0 Å². The number of hydrogen-bond acceptors (Lipinski definition) is 5. The number of guanidine groups is 1. The van der Waals surface area contributed by atoms with Gasteiger partial charge in [0.1, 0.15) is 5.75 Å². The number of nitrogens with one attached hydrogen (secondary N) is 1. The van der Waals surface area contributed by atoms with Gasteiger partial charge in [-0.1, -0.05) is 6.07 Å². The summed E-state index contributed by atoms with van der Waals surface area (Å²) in [7, 11) is 1.69. The van der Waals surface area contributed by atoms with Crippen LogP contribution in [-0.4, -0.2) is 99.2 Å². The third-order valence-electron chi connectivity index (χ3n) is 5.49. The van der Waals surface area contributed by atoms with Crippen LogP contribution in [-0.2, 0) is 16.1 Å². The fraction of sp³-hybridized carbons (Fsp3) is 0.636. The Morgan fingerprint density at radius 2 is 1.83 bits per heavy atom. The molecular formula is C22H35N5O3. The van der Waals surface area contributed by atoms with Gasteiger partial charge in [0.15, 0.2) is 5.96 Å². The SMILES string of the molecule is CCNC(=NCc1cc(C)cc(OC)c1)N1CCN(CC(=O)N2CCOCC2)CC1. The first-order valence-corrected chi connectivity index (χ1v) is 10.8. The first kappa shape index (κ1) is 22.4. The third kappa shape index (κ3) is 6.34. The molecule has 2 heterocycles. The Hall–Kier alpha value is -2.32. The summed E-state index contributed by atoms with van der Waals surface area (Å²) < 4.78 is 10.7. The number of rotatable bonds is 6. The predicted octanol–water partition coefficient (Wildman–Crippen LogP) is 0.946. The lowest BCUT2D eigenvalue weighted by atomic mass is 10.1. The Kier molecular flexibility index (Phi) is 8.33. The van der Waals surface area contributed by atoms with E-state index in [0.717, 1.165) is 50.0 Å². The standard InChI is InChI=1S/C22H35N5O3/c1-4-23-22(24-16-19-13-18(2)14-20(15-19)29-3)27-7-5-25(6-8-27)17-21(28)26-9-11-30-12-10-26/h13-15H,4-12,16-17H2,1-3H3,(H,23,24). The molecule has 1 aromatic carbocycles. The number of aliphatic imine (C=N–C) groups is 1. The monoisotopic (exact) mass is 417 g/mol. The molecule has 0 saturated carbocycles. The van der Waals surface area contributed by atoms with E-state index < -0.39 is 0 Å². The van der Waals surface area contributed by atoms with Crippen LogP contribution in [0, 0.1) is 6.92 Å². The Balaban J connectivity index is 1.54. The van der Waals surface area contributed by atoms with Gasteiger partial charge in [-0.05, 0) is 37.1 Å². The molecule has 2 aliphatic rings. The second-order valence-corrected chi connectivity index (χ2v) is 7.78. The van der Waals surface area contributed by atoms with Crippen LogP contribution in [0.25, 0.3) is 0 Å². The second-order valence-electron chi connectivity index (χ2n) is 7.78. The molecule has 2 saturated heterocycles. The Morgan fingerprint density at radius 3 is 2.50 bits per heavy atom. The lowest BCUT2D eigenvalue weighted by Crippen LogP contribution is -2.54. The Morgan fingerprint density at radius 1 is 1.10 bits per heavy atom. The van der Waals surface area contributed by atoms with Crippen LogP contribution in [0.4, 0.5) is 0 Å². The molecular weight excluding hydrogens is 382 g/mol. The number of morpholine rings is 1. The van der Waals surface area contributed by atoms with Crippen LogP contribution < -0.4 is 10.1 Å². The maximum absolute atomic E-state index is 12.5. The van der Waals surface area contributed by atoms with Gasteiger partial charge in [-0.3, -0.25) is 9.69 Å². The number of nitrogens with zero attached hydrogens (tertiary/aromatic N) is 4. The maximum atomic E-state index is 12.5. The molecule has 8 heteroatoms. The van der Waals surface area contributed by atoms with Crippen LogP contribution in [0.1, 0.15) is 18.1 Å². The first-order chi connectivity index (χ1) is 14.6. The molecule has 2 aliphatic heterocycles. The highest BCUT2D eigenvalue weighted by Gasteiger charge is 2.24. The lowest BCUT2D eigenvalue weighted by molar-refractivity contribution is -0.136. The summed E-state index contributed by atoms with van der Waals surface area (Å²) in [6, 6.07) is 6.20. The minimum absolute atomic E-state index is 0.209. The molecule has 1 amide bonds. The van der Waals surface area contributed by atoms with Crippen molar-refractivity contribution < 1.29 is 14.3 Å². The highest BCUT2D eigenvalue weighted by Crippen LogP contribution is 2.17. The highest BCUT2D eigenvalue weighted by atomic mass is 16.5. The van der Waals surface area contributed by atoms with E-state index in [-0.39, 0.29) is 5.91 Å². The number of carbonyl (C=O) groups excluding carboxylic acids is 1. The van der Waals surface area contributed by atoms with Crippen LogP contribution in [0.5, 0.6) is 5.75 Å². The quantitative estimate of drug-likeness (QED) is 0.549. The average molecular weight is 418 g/mol. The normalized spacial score (nSPS) is 18.4. The Labute approximate surface area is 179 Å². The van der Waals surface area contributed by atoms with E-state index in [9.17, 15) is 4.79 Å². The number of amides is 1. The number of hydrogen-bond donors (Lipinski definition) is 1.